The van der Waals surface area contributed by atoms with E-state index in [0.717, 1.165) is 21.7 Å². The Hall–Kier alpha value is -1.96. The third-order valence-corrected chi connectivity index (χ3v) is 4.34. The number of nitrogens with one attached hydrogen (secondary N) is 2. The lowest BCUT2D eigenvalue weighted by Gasteiger charge is -2.03. The van der Waals surface area contributed by atoms with Crippen LogP contribution in [0.15, 0.2) is 35.7 Å². The van der Waals surface area contributed by atoms with Crippen LogP contribution in [0.3, 0.4) is 0 Å². The fourth-order valence-corrected chi connectivity index (χ4v) is 3.13. The molecule has 0 bridgehead atoms. The van der Waals surface area contributed by atoms with Crippen LogP contribution in [0.5, 0.6) is 0 Å². The Morgan fingerprint density at radius 3 is 2.86 bits per heavy atom. The summed E-state index contributed by atoms with van der Waals surface area (Å²) in [5, 5.41) is 4.76. The van der Waals surface area contributed by atoms with E-state index in [9.17, 15) is 13.2 Å². The lowest BCUT2D eigenvalue weighted by atomic mass is 10.0. The van der Waals surface area contributed by atoms with Gasteiger partial charge in [-0.05, 0) is 35.2 Å². The molecule has 2 heterocycles. The molecule has 1 aromatic carbocycles. The van der Waals surface area contributed by atoms with Crippen molar-refractivity contribution in [2.24, 2.45) is 0 Å². The highest BCUT2D eigenvalue weighted by atomic mass is 32.2. The molecule has 1 amide bonds. The van der Waals surface area contributed by atoms with Crippen molar-refractivity contribution >= 4 is 45.5 Å². The number of amides is 1. The molecule has 5 nitrogen and oxygen atoms in total. The Kier molecular flexibility index (Phi) is 3.87. The Bertz CT molecular complexity index is 785. The first-order valence-corrected chi connectivity index (χ1v) is 8.27. The van der Waals surface area contributed by atoms with Crippen molar-refractivity contribution < 1.29 is 13.2 Å². The second kappa shape index (κ2) is 5.80. The van der Waals surface area contributed by atoms with Crippen LogP contribution in [0.2, 0.25) is 0 Å². The normalized spacial score (nSPS) is 15.5. The van der Waals surface area contributed by atoms with E-state index < -0.39 is 10.9 Å². The van der Waals surface area contributed by atoms with Crippen LogP contribution in [0.25, 0.3) is 11.6 Å². The first-order chi connectivity index (χ1) is 10.1. The van der Waals surface area contributed by atoms with Crippen LogP contribution >= 0.6 is 11.3 Å². The highest BCUT2D eigenvalue weighted by Crippen LogP contribution is 2.34. The van der Waals surface area contributed by atoms with Crippen molar-refractivity contribution in [3.8, 4) is 0 Å². The van der Waals surface area contributed by atoms with Crippen LogP contribution in [-0.4, -0.2) is 14.3 Å². The molecule has 1 aliphatic rings. The van der Waals surface area contributed by atoms with E-state index in [1.807, 2.05) is 29.7 Å². The number of anilines is 1. The molecular weight excluding hydrogens is 308 g/mol. The molecule has 0 spiro atoms. The first-order valence-electron chi connectivity index (χ1n) is 6.21. The Labute approximate surface area is 127 Å². The van der Waals surface area contributed by atoms with Gasteiger partial charge in [0.15, 0.2) is 0 Å². The number of carbonyl (C=O) groups excluding carboxylic acids is 1. The summed E-state index contributed by atoms with van der Waals surface area (Å²) >= 11 is 1.56. The maximum atomic E-state index is 12.0. The largest absolute Gasteiger partial charge is 0.321 e. The zero-order valence-electron chi connectivity index (χ0n) is 10.8. The number of thiol groups is 1. The fourth-order valence-electron chi connectivity index (χ4n) is 2.16. The van der Waals surface area contributed by atoms with Crippen molar-refractivity contribution in [1.82, 2.24) is 4.72 Å². The summed E-state index contributed by atoms with van der Waals surface area (Å²) in [4.78, 5) is 13.0. The molecule has 108 valence electrons. The molecule has 2 aromatic rings. The third kappa shape index (κ3) is 3.05. The summed E-state index contributed by atoms with van der Waals surface area (Å²) in [5.74, 6) is -0.140. The highest BCUT2D eigenvalue weighted by molar-refractivity contribution is 7.70. The molecule has 0 radical (unpaired) electrons. The minimum absolute atomic E-state index is 0.140. The standard InChI is InChI=1S/C14H12N2O3S2/c17-14-12(7-10-2-1-5-20-10)11-6-9(8-15-21(18)19)3-4-13(11)16-14/h1-7,21H,8H2,(H,16,17)(H,15,18,19)/b12-7-. The molecule has 0 unspecified atom stereocenters. The number of carbonyl (C=O) groups is 1. The average molecular weight is 320 g/mol. The molecule has 1 aliphatic heterocycles. The van der Waals surface area contributed by atoms with E-state index in [1.54, 1.807) is 23.5 Å². The summed E-state index contributed by atoms with van der Waals surface area (Å²) in [5.41, 5.74) is 2.95. The van der Waals surface area contributed by atoms with Crippen LogP contribution in [-0.2, 0) is 22.2 Å². The average Bonchev–Trinajstić information content (AvgIpc) is 3.06. The van der Waals surface area contributed by atoms with Crippen molar-refractivity contribution in [1.29, 1.82) is 0 Å². The van der Waals surface area contributed by atoms with Gasteiger partial charge in [-0.2, -0.15) is 0 Å². The minimum atomic E-state index is -2.63. The van der Waals surface area contributed by atoms with E-state index in [0.29, 0.717) is 5.57 Å². The van der Waals surface area contributed by atoms with Gasteiger partial charge in [0.1, 0.15) is 0 Å². The number of hydrogen-bond donors (Lipinski definition) is 3. The molecule has 1 aromatic heterocycles. The molecule has 21 heavy (non-hydrogen) atoms. The van der Waals surface area contributed by atoms with Crippen molar-refractivity contribution in [2.75, 3.05) is 5.32 Å². The van der Waals surface area contributed by atoms with Crippen molar-refractivity contribution in [2.45, 2.75) is 6.54 Å². The number of benzene rings is 1. The lowest BCUT2D eigenvalue weighted by Crippen LogP contribution is -2.10. The first kappa shape index (κ1) is 14.0. The zero-order valence-corrected chi connectivity index (χ0v) is 12.5. The second-order valence-corrected chi connectivity index (χ2v) is 6.31. The maximum Gasteiger partial charge on any atom is 0.256 e. The predicted molar refractivity (Wildman–Crippen MR) is 84.4 cm³/mol. The number of fused-ring (bicyclic) bond motifs is 1. The molecule has 0 atom stereocenters. The molecule has 2 N–H and O–H groups in total. The summed E-state index contributed by atoms with van der Waals surface area (Å²) in [7, 11) is -2.63. The minimum Gasteiger partial charge on any atom is -0.321 e. The molecular formula is C14H12N2O3S2. The van der Waals surface area contributed by atoms with Crippen LogP contribution in [0, 0.1) is 0 Å². The molecule has 3 rings (SSSR count). The fraction of sp³-hybridized carbons (Fsp3) is 0.0714. The van der Waals surface area contributed by atoms with Gasteiger partial charge in [-0.15, -0.1) is 11.3 Å². The van der Waals surface area contributed by atoms with Gasteiger partial charge in [0.05, 0.1) is 5.57 Å². The van der Waals surface area contributed by atoms with E-state index in [1.165, 1.54) is 0 Å². The van der Waals surface area contributed by atoms with Crippen LogP contribution < -0.4 is 10.0 Å². The van der Waals surface area contributed by atoms with E-state index in [2.05, 4.69) is 10.0 Å². The van der Waals surface area contributed by atoms with E-state index in [-0.39, 0.29) is 12.5 Å². The topological polar surface area (TPSA) is 75.3 Å². The zero-order chi connectivity index (χ0) is 14.8. The molecule has 0 saturated carbocycles. The van der Waals surface area contributed by atoms with Gasteiger partial charge in [0.2, 0.25) is 10.9 Å². The summed E-state index contributed by atoms with van der Waals surface area (Å²) in [6.07, 6.45) is 1.84. The lowest BCUT2D eigenvalue weighted by molar-refractivity contribution is -0.110. The van der Waals surface area contributed by atoms with Crippen molar-refractivity contribution in [3.05, 3.63) is 51.7 Å². The number of hydrogen-bond acceptors (Lipinski definition) is 4. The van der Waals surface area contributed by atoms with Crippen LogP contribution in [0.1, 0.15) is 16.0 Å². The molecule has 0 saturated heterocycles. The molecule has 0 aliphatic carbocycles. The summed E-state index contributed by atoms with van der Waals surface area (Å²) in [6, 6.07) is 9.28. The third-order valence-electron chi connectivity index (χ3n) is 3.11. The van der Waals surface area contributed by atoms with Gasteiger partial charge in [-0.3, -0.25) is 4.79 Å². The maximum absolute atomic E-state index is 12.0. The van der Waals surface area contributed by atoms with Gasteiger partial charge >= 0.3 is 0 Å². The van der Waals surface area contributed by atoms with Gasteiger partial charge in [0.25, 0.3) is 5.91 Å². The smallest absolute Gasteiger partial charge is 0.256 e. The van der Waals surface area contributed by atoms with Gasteiger partial charge in [-0.25, -0.2) is 13.1 Å². The number of rotatable bonds is 4. The van der Waals surface area contributed by atoms with Gasteiger partial charge in [0, 0.05) is 22.7 Å². The summed E-state index contributed by atoms with van der Waals surface area (Å²) < 4.78 is 23.5. The molecule has 7 heteroatoms. The van der Waals surface area contributed by atoms with Gasteiger partial charge < -0.3 is 5.32 Å². The highest BCUT2D eigenvalue weighted by Gasteiger charge is 2.24. The van der Waals surface area contributed by atoms with E-state index in [4.69, 9.17) is 0 Å². The van der Waals surface area contributed by atoms with E-state index >= 15 is 0 Å². The van der Waals surface area contributed by atoms with Crippen molar-refractivity contribution in [3.63, 3.8) is 0 Å². The number of thiophene rings is 1. The SMILES string of the molecule is O=C1Nc2ccc(CN[SH](=O)=O)cc2/C1=C/c1cccs1. The Morgan fingerprint density at radius 1 is 1.29 bits per heavy atom. The monoisotopic (exact) mass is 320 g/mol. The predicted octanol–water partition coefficient (Wildman–Crippen LogP) is 1.86. The Morgan fingerprint density at radius 2 is 2.14 bits per heavy atom. The second-order valence-electron chi connectivity index (χ2n) is 4.50. The Balaban J connectivity index is 1.96. The van der Waals surface area contributed by atoms with Gasteiger partial charge in [-0.1, -0.05) is 12.1 Å². The van der Waals surface area contributed by atoms with Crippen LogP contribution in [0.4, 0.5) is 5.69 Å². The quantitative estimate of drug-likeness (QED) is 0.594. The summed E-state index contributed by atoms with van der Waals surface area (Å²) in [6.45, 7) is 0.215. The molecule has 0 fully saturated rings.